The van der Waals surface area contributed by atoms with Gasteiger partial charge in [0.15, 0.2) is 0 Å². The van der Waals surface area contributed by atoms with Crippen LogP contribution in [0.2, 0.25) is 0 Å². The molecule has 0 bridgehead atoms. The number of sulfonamides is 1. The van der Waals surface area contributed by atoms with Crippen LogP contribution in [0.4, 0.5) is 10.1 Å². The van der Waals surface area contributed by atoms with Crippen LogP contribution >= 0.6 is 15.9 Å². The second-order valence-electron chi connectivity index (χ2n) is 6.19. The summed E-state index contributed by atoms with van der Waals surface area (Å²) in [6.45, 7) is 1.69. The third-order valence-electron chi connectivity index (χ3n) is 4.19. The van der Waals surface area contributed by atoms with Crippen LogP contribution < -0.4 is 4.72 Å². The molecule has 150 valence electrons. The molecule has 8 heteroatoms. The third kappa shape index (κ3) is 4.83. The van der Waals surface area contributed by atoms with E-state index in [4.69, 9.17) is 4.74 Å². The zero-order valence-corrected chi connectivity index (χ0v) is 17.8. The minimum atomic E-state index is -4.24. The highest BCUT2D eigenvalue weighted by molar-refractivity contribution is 9.10. The van der Waals surface area contributed by atoms with Crippen molar-refractivity contribution in [1.82, 2.24) is 0 Å². The molecular formula is C21H17BrFNO4S. The molecule has 3 aromatic rings. The Morgan fingerprint density at radius 1 is 1.03 bits per heavy atom. The molecule has 0 aliphatic rings. The molecule has 0 aliphatic heterocycles. The van der Waals surface area contributed by atoms with E-state index in [0.29, 0.717) is 10.0 Å². The molecule has 0 fully saturated rings. The number of esters is 1. The molecule has 0 aliphatic carbocycles. The lowest BCUT2D eigenvalue weighted by Gasteiger charge is -2.16. The van der Waals surface area contributed by atoms with Crippen LogP contribution in [0.5, 0.6) is 0 Å². The van der Waals surface area contributed by atoms with Gasteiger partial charge in [-0.3, -0.25) is 4.72 Å². The molecule has 0 radical (unpaired) electrons. The number of rotatable bonds is 6. The maximum atomic E-state index is 14.0. The topological polar surface area (TPSA) is 72.5 Å². The Balaban J connectivity index is 1.93. The number of hydrogen-bond donors (Lipinski definition) is 1. The summed E-state index contributed by atoms with van der Waals surface area (Å²) in [5.74, 6) is -1.58. The first-order valence-corrected chi connectivity index (χ1v) is 10.8. The fourth-order valence-corrected chi connectivity index (χ4v) is 4.17. The first kappa shape index (κ1) is 21.0. The number of hydrogen-bond acceptors (Lipinski definition) is 4. The van der Waals surface area contributed by atoms with Gasteiger partial charge in [0.05, 0.1) is 11.3 Å². The van der Waals surface area contributed by atoms with Gasteiger partial charge in [-0.05, 0) is 42.3 Å². The van der Waals surface area contributed by atoms with Crippen molar-refractivity contribution in [2.75, 3.05) is 4.72 Å². The number of halogens is 2. The maximum absolute atomic E-state index is 14.0. The minimum absolute atomic E-state index is 0.00650. The molecule has 0 saturated carbocycles. The van der Waals surface area contributed by atoms with E-state index < -0.39 is 26.7 Å². The van der Waals surface area contributed by atoms with Crippen LogP contribution in [0.3, 0.4) is 0 Å². The van der Waals surface area contributed by atoms with Gasteiger partial charge < -0.3 is 4.74 Å². The molecule has 29 heavy (non-hydrogen) atoms. The summed E-state index contributed by atoms with van der Waals surface area (Å²) in [5, 5.41) is 0. The molecule has 0 spiro atoms. The second-order valence-corrected chi connectivity index (χ2v) is 8.70. The van der Waals surface area contributed by atoms with Gasteiger partial charge in [-0.15, -0.1) is 0 Å². The van der Waals surface area contributed by atoms with Crippen molar-refractivity contribution < 1.29 is 22.3 Å². The number of benzene rings is 3. The number of nitrogens with one attached hydrogen (secondary N) is 1. The van der Waals surface area contributed by atoms with Gasteiger partial charge in [0.25, 0.3) is 10.0 Å². The second kappa shape index (κ2) is 8.75. The lowest BCUT2D eigenvalue weighted by Crippen LogP contribution is -2.18. The van der Waals surface area contributed by atoms with Crippen molar-refractivity contribution in [3.63, 3.8) is 0 Å². The standard InChI is InChI=1S/C21H17BrFNO4S/c1-14-16(22)11-12-18(24-29(26,27)19-10-6-5-9-17(19)23)20(14)21(25)28-13-15-7-3-2-4-8-15/h2-12,24H,13H2,1H3. The van der Waals surface area contributed by atoms with Gasteiger partial charge in [0, 0.05) is 4.47 Å². The van der Waals surface area contributed by atoms with Crippen LogP contribution in [-0.2, 0) is 21.4 Å². The summed E-state index contributed by atoms with van der Waals surface area (Å²) in [5.41, 5.74) is 1.35. The van der Waals surface area contributed by atoms with E-state index in [1.165, 1.54) is 18.2 Å². The molecule has 1 N–H and O–H groups in total. The fraction of sp³-hybridized carbons (Fsp3) is 0.0952. The fourth-order valence-electron chi connectivity index (χ4n) is 2.69. The van der Waals surface area contributed by atoms with E-state index in [1.807, 2.05) is 30.3 Å². The minimum Gasteiger partial charge on any atom is -0.457 e. The highest BCUT2D eigenvalue weighted by Gasteiger charge is 2.24. The smallest absolute Gasteiger partial charge is 0.340 e. The predicted molar refractivity (Wildman–Crippen MR) is 112 cm³/mol. The van der Waals surface area contributed by atoms with E-state index in [9.17, 15) is 17.6 Å². The normalized spacial score (nSPS) is 11.1. The number of carbonyl (C=O) groups excluding carboxylic acids is 1. The van der Waals surface area contributed by atoms with Gasteiger partial charge in [-0.1, -0.05) is 58.4 Å². The molecule has 0 unspecified atom stereocenters. The van der Waals surface area contributed by atoms with Gasteiger partial charge in [-0.2, -0.15) is 0 Å². The lowest BCUT2D eigenvalue weighted by atomic mass is 10.1. The van der Waals surface area contributed by atoms with Crippen molar-refractivity contribution >= 4 is 37.6 Å². The largest absolute Gasteiger partial charge is 0.457 e. The zero-order valence-electron chi connectivity index (χ0n) is 15.4. The zero-order chi connectivity index (χ0) is 21.0. The summed E-state index contributed by atoms with van der Waals surface area (Å²) < 4.78 is 47.6. The molecule has 0 saturated heterocycles. The van der Waals surface area contributed by atoms with Crippen molar-refractivity contribution in [3.8, 4) is 0 Å². The summed E-state index contributed by atoms with van der Waals surface area (Å²) in [7, 11) is -4.24. The van der Waals surface area contributed by atoms with Crippen LogP contribution in [0, 0.1) is 12.7 Å². The van der Waals surface area contributed by atoms with Crippen LogP contribution in [-0.4, -0.2) is 14.4 Å². The summed E-state index contributed by atoms with van der Waals surface area (Å²) in [6.07, 6.45) is 0. The van der Waals surface area contributed by atoms with Gasteiger partial charge in [0.1, 0.15) is 17.3 Å². The average Bonchev–Trinajstić information content (AvgIpc) is 2.70. The highest BCUT2D eigenvalue weighted by Crippen LogP contribution is 2.30. The molecule has 0 atom stereocenters. The van der Waals surface area contributed by atoms with Crippen LogP contribution in [0.25, 0.3) is 0 Å². The SMILES string of the molecule is Cc1c(Br)ccc(NS(=O)(=O)c2ccccc2F)c1C(=O)OCc1ccccc1. The summed E-state index contributed by atoms with van der Waals surface area (Å²) in [6, 6.07) is 17.1. The Labute approximate surface area is 176 Å². The molecule has 3 aromatic carbocycles. The number of carbonyl (C=O) groups is 1. The number of anilines is 1. The summed E-state index contributed by atoms with van der Waals surface area (Å²) in [4.78, 5) is 12.2. The molecule has 5 nitrogen and oxygen atoms in total. The first-order chi connectivity index (χ1) is 13.8. The van der Waals surface area contributed by atoms with E-state index >= 15 is 0 Å². The van der Waals surface area contributed by atoms with Gasteiger partial charge in [-0.25, -0.2) is 17.6 Å². The lowest BCUT2D eigenvalue weighted by molar-refractivity contribution is 0.0473. The highest BCUT2D eigenvalue weighted by atomic mass is 79.9. The average molecular weight is 478 g/mol. The van der Waals surface area contributed by atoms with Gasteiger partial charge >= 0.3 is 5.97 Å². The Hall–Kier alpha value is -2.71. The van der Waals surface area contributed by atoms with Crippen molar-refractivity contribution in [3.05, 3.63) is 93.7 Å². The monoisotopic (exact) mass is 477 g/mol. The predicted octanol–water partition coefficient (Wildman–Crippen LogP) is 5.05. The molecule has 0 heterocycles. The Bertz CT molecular complexity index is 1150. The maximum Gasteiger partial charge on any atom is 0.340 e. The molecule has 3 rings (SSSR count). The number of ether oxygens (including phenoxy) is 1. The van der Waals surface area contributed by atoms with E-state index in [2.05, 4.69) is 20.7 Å². The van der Waals surface area contributed by atoms with E-state index in [0.717, 1.165) is 17.7 Å². The first-order valence-electron chi connectivity index (χ1n) is 8.57. The Morgan fingerprint density at radius 2 is 1.69 bits per heavy atom. The molecular weight excluding hydrogens is 461 g/mol. The molecule has 0 amide bonds. The molecule has 0 aromatic heterocycles. The van der Waals surface area contributed by atoms with Crippen molar-refractivity contribution in [1.29, 1.82) is 0 Å². The third-order valence-corrected chi connectivity index (χ3v) is 6.44. The van der Waals surface area contributed by atoms with E-state index in [-0.39, 0.29) is 17.9 Å². The van der Waals surface area contributed by atoms with Crippen molar-refractivity contribution in [2.45, 2.75) is 18.4 Å². The quantitative estimate of drug-likeness (QED) is 0.503. The van der Waals surface area contributed by atoms with E-state index in [1.54, 1.807) is 13.0 Å². The Kier molecular flexibility index (Phi) is 6.34. The van der Waals surface area contributed by atoms with Crippen LogP contribution in [0.1, 0.15) is 21.5 Å². The van der Waals surface area contributed by atoms with Gasteiger partial charge in [0.2, 0.25) is 0 Å². The Morgan fingerprint density at radius 3 is 2.38 bits per heavy atom. The summed E-state index contributed by atoms with van der Waals surface area (Å²) >= 11 is 3.34. The van der Waals surface area contributed by atoms with Crippen LogP contribution in [0.15, 0.2) is 76.1 Å². The van der Waals surface area contributed by atoms with Crippen molar-refractivity contribution in [2.24, 2.45) is 0 Å².